The van der Waals surface area contributed by atoms with Crippen LogP contribution in [0.25, 0.3) is 6.08 Å². The molecule has 0 aliphatic carbocycles. The summed E-state index contributed by atoms with van der Waals surface area (Å²) in [6.07, 6.45) is 1.63. The minimum Gasteiger partial charge on any atom is -0.496 e. The third kappa shape index (κ3) is 3.39. The molecule has 0 radical (unpaired) electrons. The lowest BCUT2D eigenvalue weighted by Gasteiger charge is -2.18. The van der Waals surface area contributed by atoms with Crippen LogP contribution >= 0.6 is 11.8 Å². The number of imide groups is 1. The Morgan fingerprint density at radius 2 is 2.00 bits per heavy atom. The van der Waals surface area contributed by atoms with Crippen LogP contribution in [-0.4, -0.2) is 42.3 Å². The van der Waals surface area contributed by atoms with Gasteiger partial charge in [0.05, 0.1) is 19.1 Å². The Hall–Kier alpha value is -2.28. The van der Waals surface area contributed by atoms with E-state index in [0.717, 1.165) is 33.5 Å². The van der Waals surface area contributed by atoms with E-state index in [1.54, 1.807) is 25.3 Å². The molecule has 1 aromatic rings. The summed E-state index contributed by atoms with van der Waals surface area (Å²) in [7, 11) is 2.80. The molecule has 1 aliphatic rings. The molecule has 2 amide bonds. The van der Waals surface area contributed by atoms with Crippen LogP contribution in [0.4, 0.5) is 4.79 Å². The number of carbonyl (C=O) groups excluding carboxylic acids is 3. The first-order chi connectivity index (χ1) is 10.9. The lowest BCUT2D eigenvalue weighted by molar-refractivity contribution is -0.148. The van der Waals surface area contributed by atoms with Gasteiger partial charge in [0.25, 0.3) is 11.1 Å². The standard InChI is InChI=1S/C16H17NO5S/c1-9-7-11(5-6-12(9)21-3)8-13-14(18)17(16(20)23-13)10(2)15(19)22-4/h5-8,10H,1-4H3/b13-8-/t10-/m1/s1. The molecule has 1 aromatic carbocycles. The fourth-order valence-corrected chi connectivity index (χ4v) is 3.14. The van der Waals surface area contributed by atoms with Crippen LogP contribution in [-0.2, 0) is 14.3 Å². The summed E-state index contributed by atoms with van der Waals surface area (Å²) < 4.78 is 9.78. The number of hydrogen-bond donors (Lipinski definition) is 0. The van der Waals surface area contributed by atoms with Crippen molar-refractivity contribution in [3.05, 3.63) is 34.2 Å². The maximum absolute atomic E-state index is 12.4. The highest BCUT2D eigenvalue weighted by molar-refractivity contribution is 8.18. The van der Waals surface area contributed by atoms with Crippen molar-refractivity contribution in [2.24, 2.45) is 0 Å². The average molecular weight is 335 g/mol. The van der Waals surface area contributed by atoms with Gasteiger partial charge in [0.2, 0.25) is 0 Å². The van der Waals surface area contributed by atoms with Gasteiger partial charge in [-0.15, -0.1) is 0 Å². The van der Waals surface area contributed by atoms with Gasteiger partial charge in [-0.3, -0.25) is 14.5 Å². The second-order valence-corrected chi connectivity index (χ2v) is 5.97. The number of thioether (sulfide) groups is 1. The van der Waals surface area contributed by atoms with E-state index in [4.69, 9.17) is 4.74 Å². The molecule has 0 aromatic heterocycles. The van der Waals surface area contributed by atoms with Crippen LogP contribution in [0.15, 0.2) is 23.1 Å². The molecule has 2 rings (SSSR count). The van der Waals surface area contributed by atoms with Gasteiger partial charge in [0, 0.05) is 0 Å². The Kier molecular flexibility index (Phi) is 5.10. The smallest absolute Gasteiger partial charge is 0.328 e. The predicted molar refractivity (Wildman–Crippen MR) is 87.0 cm³/mol. The fourth-order valence-electron chi connectivity index (χ4n) is 2.23. The molecular weight excluding hydrogens is 318 g/mol. The quantitative estimate of drug-likeness (QED) is 0.622. The van der Waals surface area contributed by atoms with E-state index >= 15 is 0 Å². The van der Waals surface area contributed by atoms with Gasteiger partial charge in [-0.2, -0.15) is 0 Å². The summed E-state index contributed by atoms with van der Waals surface area (Å²) in [4.78, 5) is 37.1. The molecule has 7 heteroatoms. The van der Waals surface area contributed by atoms with Crippen LogP contribution in [0.1, 0.15) is 18.1 Å². The fraction of sp³-hybridized carbons (Fsp3) is 0.312. The highest BCUT2D eigenvalue weighted by Crippen LogP contribution is 2.34. The molecule has 1 fully saturated rings. The predicted octanol–water partition coefficient (Wildman–Crippen LogP) is 2.60. The number of nitrogens with zero attached hydrogens (tertiary/aromatic N) is 1. The molecule has 1 atom stereocenters. The number of amides is 2. The highest BCUT2D eigenvalue weighted by Gasteiger charge is 2.41. The second kappa shape index (κ2) is 6.87. The number of ether oxygens (including phenoxy) is 2. The molecule has 1 aliphatic heterocycles. The Labute approximate surface area is 138 Å². The van der Waals surface area contributed by atoms with Crippen molar-refractivity contribution < 1.29 is 23.9 Å². The third-order valence-corrected chi connectivity index (χ3v) is 4.35. The zero-order valence-corrected chi connectivity index (χ0v) is 14.1. The van der Waals surface area contributed by atoms with Crippen molar-refractivity contribution in [3.8, 4) is 5.75 Å². The van der Waals surface area contributed by atoms with Crippen molar-refractivity contribution in [3.63, 3.8) is 0 Å². The topological polar surface area (TPSA) is 72.9 Å². The minimum atomic E-state index is -0.948. The van der Waals surface area contributed by atoms with Gasteiger partial charge < -0.3 is 9.47 Å². The Balaban J connectivity index is 2.28. The van der Waals surface area contributed by atoms with E-state index in [9.17, 15) is 14.4 Å². The molecule has 0 unspecified atom stereocenters. The molecule has 0 bridgehead atoms. The first-order valence-electron chi connectivity index (χ1n) is 6.88. The Morgan fingerprint density at radius 3 is 2.57 bits per heavy atom. The van der Waals surface area contributed by atoms with E-state index in [0.29, 0.717) is 0 Å². The monoisotopic (exact) mass is 335 g/mol. The minimum absolute atomic E-state index is 0.273. The van der Waals surface area contributed by atoms with Crippen molar-refractivity contribution >= 4 is 35.0 Å². The van der Waals surface area contributed by atoms with Gasteiger partial charge in [0.15, 0.2) is 0 Å². The molecule has 0 spiro atoms. The van der Waals surface area contributed by atoms with Gasteiger partial charge >= 0.3 is 5.97 Å². The molecule has 6 nitrogen and oxygen atoms in total. The average Bonchev–Trinajstić information content (AvgIpc) is 2.80. The highest BCUT2D eigenvalue weighted by atomic mass is 32.2. The Bertz CT molecular complexity index is 698. The molecule has 1 heterocycles. The zero-order valence-electron chi connectivity index (χ0n) is 13.3. The molecule has 0 saturated carbocycles. The summed E-state index contributed by atoms with van der Waals surface area (Å²) in [5.74, 6) is -0.380. The first kappa shape index (κ1) is 17.1. The van der Waals surface area contributed by atoms with E-state index in [1.807, 2.05) is 13.0 Å². The van der Waals surface area contributed by atoms with E-state index in [1.165, 1.54) is 14.0 Å². The molecule has 0 N–H and O–H groups in total. The van der Waals surface area contributed by atoms with E-state index in [2.05, 4.69) is 4.74 Å². The number of carbonyl (C=O) groups is 3. The molecular formula is C16H17NO5S. The maximum Gasteiger partial charge on any atom is 0.328 e. The lowest BCUT2D eigenvalue weighted by Crippen LogP contribution is -2.42. The van der Waals surface area contributed by atoms with Crippen molar-refractivity contribution in [1.82, 2.24) is 4.90 Å². The van der Waals surface area contributed by atoms with Gasteiger partial charge in [-0.05, 0) is 54.9 Å². The van der Waals surface area contributed by atoms with Crippen LogP contribution in [0, 0.1) is 6.92 Å². The normalized spacial score (nSPS) is 17.6. The van der Waals surface area contributed by atoms with Gasteiger partial charge in [0.1, 0.15) is 11.8 Å². The van der Waals surface area contributed by atoms with Crippen LogP contribution in [0.2, 0.25) is 0 Å². The Morgan fingerprint density at radius 1 is 1.30 bits per heavy atom. The number of esters is 1. The first-order valence-corrected chi connectivity index (χ1v) is 7.70. The molecule has 122 valence electrons. The maximum atomic E-state index is 12.4. The van der Waals surface area contributed by atoms with Crippen LogP contribution in [0.3, 0.4) is 0 Å². The van der Waals surface area contributed by atoms with Crippen molar-refractivity contribution in [1.29, 1.82) is 0 Å². The van der Waals surface area contributed by atoms with E-state index in [-0.39, 0.29) is 4.91 Å². The summed E-state index contributed by atoms with van der Waals surface area (Å²) in [5, 5.41) is -0.482. The number of aryl methyl sites for hydroxylation is 1. The summed E-state index contributed by atoms with van der Waals surface area (Å²) in [6, 6.07) is 4.50. The summed E-state index contributed by atoms with van der Waals surface area (Å²) in [5.41, 5.74) is 1.70. The zero-order chi connectivity index (χ0) is 17.1. The number of methoxy groups -OCH3 is 2. The van der Waals surface area contributed by atoms with Crippen LogP contribution in [0.5, 0.6) is 5.75 Å². The third-order valence-electron chi connectivity index (χ3n) is 3.47. The number of benzene rings is 1. The molecule has 1 saturated heterocycles. The van der Waals surface area contributed by atoms with Crippen LogP contribution < -0.4 is 4.74 Å². The van der Waals surface area contributed by atoms with Crippen molar-refractivity contribution in [2.45, 2.75) is 19.9 Å². The largest absolute Gasteiger partial charge is 0.496 e. The summed E-state index contributed by atoms with van der Waals surface area (Å²) >= 11 is 0.808. The number of hydrogen-bond acceptors (Lipinski definition) is 6. The van der Waals surface area contributed by atoms with Gasteiger partial charge in [-0.1, -0.05) is 6.07 Å². The van der Waals surface area contributed by atoms with E-state index < -0.39 is 23.2 Å². The van der Waals surface area contributed by atoms with Crippen molar-refractivity contribution in [2.75, 3.05) is 14.2 Å². The summed E-state index contributed by atoms with van der Waals surface area (Å²) in [6.45, 7) is 3.35. The second-order valence-electron chi connectivity index (χ2n) is 4.98. The number of rotatable bonds is 4. The molecule has 23 heavy (non-hydrogen) atoms. The SMILES string of the molecule is COC(=O)[C@@H](C)N1C(=O)S/C(=C\c2ccc(OC)c(C)c2)C1=O. The lowest BCUT2D eigenvalue weighted by atomic mass is 10.1. The van der Waals surface area contributed by atoms with Gasteiger partial charge in [-0.25, -0.2) is 4.79 Å².